The van der Waals surface area contributed by atoms with Gasteiger partial charge in [0.25, 0.3) is 0 Å². The largest absolute Gasteiger partial charge is 0.321 e. The molecule has 0 fully saturated rings. The summed E-state index contributed by atoms with van der Waals surface area (Å²) in [6.07, 6.45) is 2.02. The van der Waals surface area contributed by atoms with Gasteiger partial charge in [-0.15, -0.1) is 0 Å². The lowest BCUT2D eigenvalue weighted by Gasteiger charge is -2.35. The highest BCUT2D eigenvalue weighted by atomic mass is 28.3. The predicted molar refractivity (Wildman–Crippen MR) is 338 cm³/mol. The van der Waals surface area contributed by atoms with Gasteiger partial charge in [-0.05, 0) is 136 Å². The summed E-state index contributed by atoms with van der Waals surface area (Å²) in [5, 5.41) is 7.74. The van der Waals surface area contributed by atoms with Crippen LogP contribution < -0.4 is 30.5 Å². The van der Waals surface area contributed by atoms with Gasteiger partial charge in [0.1, 0.15) is 12.5 Å². The lowest BCUT2D eigenvalue weighted by atomic mass is 9.72. The first-order valence-electron chi connectivity index (χ1n) is 28.1. The van der Waals surface area contributed by atoms with E-state index in [1.54, 1.807) is 0 Å². The van der Waals surface area contributed by atoms with Crippen LogP contribution in [0.4, 0.5) is 22.7 Å². The van der Waals surface area contributed by atoms with E-state index in [1.165, 1.54) is 87.6 Å². The van der Waals surface area contributed by atoms with Crippen molar-refractivity contribution in [1.82, 2.24) is 9.55 Å². The Hall–Kier alpha value is -7.47. The molecule has 5 heteroatoms. The van der Waals surface area contributed by atoms with Crippen molar-refractivity contribution in [2.75, 3.05) is 16.5 Å². The summed E-state index contributed by atoms with van der Waals surface area (Å²) in [4.78, 5) is 10.3. The Morgan fingerprint density at radius 3 is 1.37 bits per heavy atom. The number of fused-ring (bicyclic) bond motifs is 4. The van der Waals surface area contributed by atoms with Gasteiger partial charge in [-0.3, -0.25) is 4.57 Å². The Kier molecular flexibility index (Phi) is 12.9. The van der Waals surface area contributed by atoms with Crippen molar-refractivity contribution in [3.63, 3.8) is 0 Å². The van der Waals surface area contributed by atoms with Gasteiger partial charge in [0.2, 0.25) is 0 Å². The lowest BCUT2D eigenvalue weighted by molar-refractivity contribution is 0.557. The zero-order chi connectivity index (χ0) is 55.2. The molecular weight excluding hydrogens is 961 g/mol. The molecule has 0 amide bonds. The molecule has 0 N–H and O–H groups in total. The van der Waals surface area contributed by atoms with Gasteiger partial charge in [0.05, 0.1) is 22.4 Å². The Morgan fingerprint density at radius 2 is 0.808 bits per heavy atom. The summed E-state index contributed by atoms with van der Waals surface area (Å²) >= 11 is 0. The smallest absolute Gasteiger partial charge is 0.179 e. The molecule has 0 saturated heterocycles. The average molecular weight is 1040 g/mol. The van der Waals surface area contributed by atoms with Crippen molar-refractivity contribution in [3.8, 4) is 5.82 Å². The van der Waals surface area contributed by atoms with Crippen LogP contribution in [0.1, 0.15) is 130 Å². The second-order valence-electron chi connectivity index (χ2n) is 26.7. The Balaban J connectivity index is 1.10. The molecule has 11 rings (SSSR count). The number of rotatable bonds is 9. The third kappa shape index (κ3) is 9.28. The number of nitrogens with zero attached hydrogens (tertiary/aromatic N) is 4. The Labute approximate surface area is 466 Å². The number of anilines is 4. The van der Waals surface area contributed by atoms with Crippen molar-refractivity contribution in [1.29, 1.82) is 0 Å². The van der Waals surface area contributed by atoms with Gasteiger partial charge in [-0.1, -0.05) is 236 Å². The first-order chi connectivity index (χ1) is 36.9. The van der Waals surface area contributed by atoms with Crippen LogP contribution >= 0.6 is 0 Å². The summed E-state index contributed by atoms with van der Waals surface area (Å²) in [6.45, 7) is 33.4. The van der Waals surface area contributed by atoms with Crippen LogP contribution in [0.3, 0.4) is 0 Å². The highest BCUT2D eigenvalue weighted by Crippen LogP contribution is 2.46. The fourth-order valence-corrected chi connectivity index (χ4v) is 16.8. The Morgan fingerprint density at radius 1 is 0.346 bits per heavy atom. The number of benzene rings is 8. The third-order valence-corrected chi connectivity index (χ3v) is 21.7. The van der Waals surface area contributed by atoms with Crippen LogP contribution in [0.15, 0.2) is 206 Å². The fraction of sp³-hybridized carbons (Fsp3) is 0.274. The Bertz CT molecular complexity index is 3750. The molecule has 0 radical (unpaired) electrons. The number of aromatic nitrogens is 2. The monoisotopic (exact) mass is 1040 g/mol. The summed E-state index contributed by atoms with van der Waals surface area (Å²) < 4.78 is 2.43. The van der Waals surface area contributed by atoms with Gasteiger partial charge in [0.15, 0.2) is 8.07 Å². The van der Waals surface area contributed by atoms with E-state index in [9.17, 15) is 0 Å². The molecule has 2 aromatic heterocycles. The SMILES string of the molecule is CC(C)(C)c1cc(N2CN(c3cccc([Si](c4ccccc4)(c4ccccc4)c4ccc5c6ccccc6n(-c6cc(C(C)(C)c7cc(C(C)(C)C)cc(C(C)(C)C)c7)ccn6)c5c4)c3)c3ccccc32)cc(C(C)(C)C)c1. The molecule has 0 aliphatic carbocycles. The van der Waals surface area contributed by atoms with E-state index in [0.717, 1.165) is 16.9 Å². The summed E-state index contributed by atoms with van der Waals surface area (Å²) in [6, 6.07) is 76.6. The van der Waals surface area contributed by atoms with E-state index in [0.29, 0.717) is 6.67 Å². The molecule has 0 bridgehead atoms. The summed E-state index contributed by atoms with van der Waals surface area (Å²) in [7, 11) is -3.10. The zero-order valence-corrected chi connectivity index (χ0v) is 49.6. The normalized spacial score (nSPS) is 13.7. The van der Waals surface area contributed by atoms with Crippen LogP contribution in [-0.4, -0.2) is 24.3 Å². The second kappa shape index (κ2) is 19.2. The molecule has 4 nitrogen and oxygen atoms in total. The highest BCUT2D eigenvalue weighted by molar-refractivity contribution is 7.20. The summed E-state index contributed by atoms with van der Waals surface area (Å²) in [5.74, 6) is 0.917. The van der Waals surface area contributed by atoms with Crippen LogP contribution in [0.2, 0.25) is 0 Å². The van der Waals surface area contributed by atoms with Crippen LogP contribution in [-0.2, 0) is 27.1 Å². The van der Waals surface area contributed by atoms with Gasteiger partial charge in [-0.2, -0.15) is 0 Å². The van der Waals surface area contributed by atoms with Crippen molar-refractivity contribution >= 4 is 73.4 Å². The van der Waals surface area contributed by atoms with E-state index in [-0.39, 0.29) is 27.1 Å². The molecule has 0 spiro atoms. The van der Waals surface area contributed by atoms with Gasteiger partial charge in [0, 0.05) is 33.8 Å². The fourth-order valence-electron chi connectivity index (χ4n) is 12.0. The maximum absolute atomic E-state index is 5.27. The molecule has 3 heterocycles. The molecule has 0 unspecified atom stereocenters. The number of pyridine rings is 1. The van der Waals surface area contributed by atoms with Gasteiger partial charge in [-0.25, -0.2) is 4.98 Å². The lowest BCUT2D eigenvalue weighted by Crippen LogP contribution is -2.74. The molecule has 10 aromatic rings. The van der Waals surface area contributed by atoms with Crippen molar-refractivity contribution < 1.29 is 0 Å². The van der Waals surface area contributed by atoms with Crippen molar-refractivity contribution in [2.24, 2.45) is 0 Å². The average Bonchev–Trinajstić information content (AvgIpc) is 4.05. The molecule has 78 heavy (non-hydrogen) atoms. The van der Waals surface area contributed by atoms with E-state index in [1.807, 2.05) is 6.20 Å². The minimum Gasteiger partial charge on any atom is -0.321 e. The molecule has 8 aromatic carbocycles. The molecule has 0 saturated carbocycles. The van der Waals surface area contributed by atoms with Crippen molar-refractivity contribution in [2.45, 2.75) is 124 Å². The molecule has 394 valence electrons. The van der Waals surface area contributed by atoms with Crippen LogP contribution in [0, 0.1) is 0 Å². The second-order valence-corrected chi connectivity index (χ2v) is 30.5. The molecule has 1 aliphatic rings. The van der Waals surface area contributed by atoms with Crippen molar-refractivity contribution in [3.05, 3.63) is 240 Å². The van der Waals surface area contributed by atoms with Crippen LogP contribution in [0.25, 0.3) is 27.6 Å². The summed E-state index contributed by atoms with van der Waals surface area (Å²) in [5.41, 5.74) is 14.8. The number of para-hydroxylation sites is 3. The predicted octanol–water partition coefficient (Wildman–Crippen LogP) is 16.3. The molecular formula is C73H78N4Si. The minimum atomic E-state index is -3.10. The standard InChI is InChI=1S/C73H78N4Si/c1-69(2,3)51-40-52(70(4,5)6)43-55(42-51)73(13,14)50-38-39-74-68(46-50)77-64-33-22-21-32-62(64)63-37-36-61(48-67(63)77)78(58-27-17-15-18-28-58,59-29-19-16-20-30-59)60-31-25-26-56(47-60)75-49-76(66-35-24-23-34-65(66)75)57-44-53(71(7,8)9)41-54(45-57)72(10,11)12/h15-48H,49H2,1-14H3. The number of hydrogen-bond acceptors (Lipinski definition) is 3. The van der Waals surface area contributed by atoms with E-state index < -0.39 is 8.07 Å². The van der Waals surface area contributed by atoms with Gasteiger partial charge >= 0.3 is 0 Å². The maximum atomic E-state index is 5.27. The topological polar surface area (TPSA) is 24.3 Å². The molecule has 0 atom stereocenters. The minimum absolute atomic E-state index is 0.00315. The van der Waals surface area contributed by atoms with E-state index >= 15 is 0 Å². The van der Waals surface area contributed by atoms with Gasteiger partial charge < -0.3 is 9.80 Å². The van der Waals surface area contributed by atoms with E-state index in [2.05, 4.69) is 311 Å². The van der Waals surface area contributed by atoms with Crippen LogP contribution in [0.5, 0.6) is 0 Å². The quantitative estimate of drug-likeness (QED) is 0.106. The maximum Gasteiger partial charge on any atom is 0.179 e. The molecule has 1 aliphatic heterocycles. The first kappa shape index (κ1) is 52.6. The highest BCUT2D eigenvalue weighted by Gasteiger charge is 2.43. The van der Waals surface area contributed by atoms with E-state index in [4.69, 9.17) is 4.98 Å². The first-order valence-corrected chi connectivity index (χ1v) is 30.1. The zero-order valence-electron chi connectivity index (χ0n) is 48.6. The number of hydrogen-bond donors (Lipinski definition) is 0. The third-order valence-electron chi connectivity index (χ3n) is 16.9.